The van der Waals surface area contributed by atoms with Crippen molar-refractivity contribution in [1.29, 1.82) is 0 Å². The summed E-state index contributed by atoms with van der Waals surface area (Å²) in [5.41, 5.74) is 0.767. The molecule has 0 spiro atoms. The Morgan fingerprint density at radius 3 is 2.38 bits per heavy atom. The maximum atomic E-state index is 13.3. The standard InChI is InChI=1S/C20H29F2N3O/c1-16(24-8-2-3-9-24)4-7-20(26)25-12-10-23(11-13-25)15-17-5-6-18(21)19(22)14-17/h5-6,14,16H,2-4,7-13,15H2,1H3/t16-/m0/s1. The number of carbonyl (C=O) groups is 1. The van der Waals surface area contributed by atoms with Crippen molar-refractivity contribution in [1.82, 2.24) is 14.7 Å². The van der Waals surface area contributed by atoms with E-state index in [9.17, 15) is 13.6 Å². The van der Waals surface area contributed by atoms with Gasteiger partial charge in [-0.1, -0.05) is 6.07 Å². The first-order chi connectivity index (χ1) is 12.5. The number of piperazine rings is 1. The molecule has 0 N–H and O–H groups in total. The molecule has 2 heterocycles. The van der Waals surface area contributed by atoms with Gasteiger partial charge in [0.1, 0.15) is 0 Å². The molecular weight excluding hydrogens is 336 g/mol. The molecular formula is C20H29F2N3O. The summed E-state index contributed by atoms with van der Waals surface area (Å²) < 4.78 is 26.3. The van der Waals surface area contributed by atoms with Crippen LogP contribution in [0.1, 0.15) is 38.2 Å². The molecule has 2 aliphatic heterocycles. The Morgan fingerprint density at radius 1 is 1.04 bits per heavy atom. The van der Waals surface area contributed by atoms with Gasteiger partial charge in [-0.25, -0.2) is 8.78 Å². The third-order valence-corrected chi connectivity index (χ3v) is 5.66. The van der Waals surface area contributed by atoms with Gasteiger partial charge in [-0.15, -0.1) is 0 Å². The monoisotopic (exact) mass is 365 g/mol. The predicted molar refractivity (Wildman–Crippen MR) is 97.7 cm³/mol. The lowest BCUT2D eigenvalue weighted by molar-refractivity contribution is -0.133. The van der Waals surface area contributed by atoms with Gasteiger partial charge in [0, 0.05) is 45.2 Å². The van der Waals surface area contributed by atoms with Gasteiger partial charge in [-0.2, -0.15) is 0 Å². The van der Waals surface area contributed by atoms with Crippen molar-refractivity contribution in [2.45, 2.75) is 45.2 Å². The van der Waals surface area contributed by atoms with Gasteiger partial charge in [0.25, 0.3) is 0 Å². The minimum absolute atomic E-state index is 0.239. The predicted octanol–water partition coefficient (Wildman–Crippen LogP) is 2.87. The van der Waals surface area contributed by atoms with Crippen LogP contribution in [0.4, 0.5) is 8.78 Å². The molecule has 0 aromatic heterocycles. The van der Waals surface area contributed by atoms with Gasteiger partial charge >= 0.3 is 0 Å². The fraction of sp³-hybridized carbons (Fsp3) is 0.650. The number of hydrogen-bond acceptors (Lipinski definition) is 3. The van der Waals surface area contributed by atoms with Crippen molar-refractivity contribution in [3.8, 4) is 0 Å². The van der Waals surface area contributed by atoms with Gasteiger partial charge < -0.3 is 9.80 Å². The molecule has 0 aliphatic carbocycles. The van der Waals surface area contributed by atoms with Crippen molar-refractivity contribution >= 4 is 5.91 Å². The lowest BCUT2D eigenvalue weighted by Gasteiger charge is -2.35. The van der Waals surface area contributed by atoms with E-state index in [2.05, 4.69) is 16.7 Å². The summed E-state index contributed by atoms with van der Waals surface area (Å²) in [6.45, 7) is 8.10. The molecule has 0 bridgehead atoms. The number of rotatable bonds is 6. The number of halogens is 2. The van der Waals surface area contributed by atoms with E-state index in [1.54, 1.807) is 6.07 Å². The van der Waals surface area contributed by atoms with Crippen LogP contribution in [0.2, 0.25) is 0 Å². The summed E-state index contributed by atoms with van der Waals surface area (Å²) in [5.74, 6) is -1.38. The van der Waals surface area contributed by atoms with Crippen LogP contribution in [-0.2, 0) is 11.3 Å². The second kappa shape index (κ2) is 8.91. The molecule has 0 unspecified atom stereocenters. The van der Waals surface area contributed by atoms with Crippen LogP contribution in [0, 0.1) is 11.6 Å². The van der Waals surface area contributed by atoms with Gasteiger partial charge in [-0.3, -0.25) is 9.69 Å². The second-order valence-electron chi connectivity index (χ2n) is 7.54. The van der Waals surface area contributed by atoms with Gasteiger partial charge in [0.15, 0.2) is 11.6 Å². The third-order valence-electron chi connectivity index (χ3n) is 5.66. The highest BCUT2D eigenvalue weighted by Gasteiger charge is 2.23. The van der Waals surface area contributed by atoms with E-state index in [0.29, 0.717) is 32.1 Å². The van der Waals surface area contributed by atoms with Crippen LogP contribution in [-0.4, -0.2) is 65.9 Å². The first-order valence-electron chi connectivity index (χ1n) is 9.71. The van der Waals surface area contributed by atoms with E-state index in [1.165, 1.54) is 25.0 Å². The van der Waals surface area contributed by atoms with Crippen LogP contribution in [0.25, 0.3) is 0 Å². The zero-order valence-electron chi connectivity index (χ0n) is 15.6. The number of hydrogen-bond donors (Lipinski definition) is 0. The second-order valence-corrected chi connectivity index (χ2v) is 7.54. The van der Waals surface area contributed by atoms with Crippen LogP contribution < -0.4 is 0 Å². The summed E-state index contributed by atoms with van der Waals surface area (Å²) >= 11 is 0. The number of carbonyl (C=O) groups excluding carboxylic acids is 1. The number of nitrogens with zero attached hydrogens (tertiary/aromatic N) is 3. The Bertz CT molecular complexity index is 611. The molecule has 6 heteroatoms. The van der Waals surface area contributed by atoms with E-state index in [1.807, 2.05) is 4.90 Å². The van der Waals surface area contributed by atoms with Crippen molar-refractivity contribution < 1.29 is 13.6 Å². The summed E-state index contributed by atoms with van der Waals surface area (Å²) in [6.07, 6.45) is 4.09. The quantitative estimate of drug-likeness (QED) is 0.776. The van der Waals surface area contributed by atoms with E-state index in [0.717, 1.165) is 38.2 Å². The Kier molecular flexibility index (Phi) is 6.59. The van der Waals surface area contributed by atoms with Crippen molar-refractivity contribution in [2.24, 2.45) is 0 Å². The van der Waals surface area contributed by atoms with Gasteiger partial charge in [0.2, 0.25) is 5.91 Å². The average molecular weight is 365 g/mol. The molecule has 144 valence electrons. The molecule has 0 saturated carbocycles. The highest BCUT2D eigenvalue weighted by Crippen LogP contribution is 2.17. The van der Waals surface area contributed by atoms with Crippen molar-refractivity contribution in [3.05, 3.63) is 35.4 Å². The minimum atomic E-state index is -0.813. The molecule has 26 heavy (non-hydrogen) atoms. The first kappa shape index (κ1) is 19.2. The largest absolute Gasteiger partial charge is 0.340 e. The Labute approximate surface area is 154 Å². The molecule has 1 amide bonds. The van der Waals surface area contributed by atoms with Crippen molar-refractivity contribution in [2.75, 3.05) is 39.3 Å². The zero-order chi connectivity index (χ0) is 18.5. The van der Waals surface area contributed by atoms with E-state index < -0.39 is 11.6 Å². The topological polar surface area (TPSA) is 26.8 Å². The minimum Gasteiger partial charge on any atom is -0.340 e. The molecule has 1 aromatic carbocycles. The Morgan fingerprint density at radius 2 is 1.73 bits per heavy atom. The lowest BCUT2D eigenvalue weighted by Crippen LogP contribution is -2.48. The highest BCUT2D eigenvalue weighted by atomic mass is 19.2. The molecule has 1 aromatic rings. The molecule has 1 atom stereocenters. The van der Waals surface area contributed by atoms with Crippen LogP contribution in [0.5, 0.6) is 0 Å². The van der Waals surface area contributed by atoms with Crippen LogP contribution >= 0.6 is 0 Å². The Hall–Kier alpha value is -1.53. The van der Waals surface area contributed by atoms with Gasteiger partial charge in [-0.05, 0) is 57.0 Å². The highest BCUT2D eigenvalue weighted by molar-refractivity contribution is 5.76. The van der Waals surface area contributed by atoms with Crippen LogP contribution in [0.3, 0.4) is 0 Å². The van der Waals surface area contributed by atoms with Crippen molar-refractivity contribution in [3.63, 3.8) is 0 Å². The van der Waals surface area contributed by atoms with E-state index >= 15 is 0 Å². The molecule has 0 radical (unpaired) electrons. The summed E-state index contributed by atoms with van der Waals surface area (Å²) in [4.78, 5) is 19.1. The number of benzene rings is 1. The zero-order valence-corrected chi connectivity index (χ0v) is 15.6. The molecule has 2 aliphatic rings. The van der Waals surface area contributed by atoms with Gasteiger partial charge in [0.05, 0.1) is 0 Å². The van der Waals surface area contributed by atoms with Crippen LogP contribution in [0.15, 0.2) is 18.2 Å². The molecule has 2 fully saturated rings. The fourth-order valence-corrected chi connectivity index (χ4v) is 3.91. The molecule has 3 rings (SSSR count). The van der Waals surface area contributed by atoms with E-state index in [4.69, 9.17) is 0 Å². The smallest absolute Gasteiger partial charge is 0.222 e. The fourth-order valence-electron chi connectivity index (χ4n) is 3.91. The SMILES string of the molecule is C[C@@H](CCC(=O)N1CCN(Cc2ccc(F)c(F)c2)CC1)N1CCCC1. The van der Waals surface area contributed by atoms with E-state index in [-0.39, 0.29) is 5.91 Å². The number of likely N-dealkylation sites (tertiary alicyclic amines) is 1. The summed E-state index contributed by atoms with van der Waals surface area (Å²) in [6, 6.07) is 4.53. The molecule has 4 nitrogen and oxygen atoms in total. The average Bonchev–Trinajstić information content (AvgIpc) is 3.18. The molecule has 2 saturated heterocycles. The third kappa shape index (κ3) is 5.01. The first-order valence-corrected chi connectivity index (χ1v) is 9.71. The lowest BCUT2D eigenvalue weighted by atomic mass is 10.1. The summed E-state index contributed by atoms with van der Waals surface area (Å²) in [7, 11) is 0. The normalized spacial score (nSPS) is 20.5. The number of amides is 1. The maximum absolute atomic E-state index is 13.3. The maximum Gasteiger partial charge on any atom is 0.222 e. The Balaban J connectivity index is 1.39. The summed E-state index contributed by atoms with van der Waals surface area (Å²) in [5, 5.41) is 0.